The van der Waals surface area contributed by atoms with Gasteiger partial charge in [-0.1, -0.05) is 26.0 Å². The number of aromatic nitrogens is 2. The Kier molecular flexibility index (Phi) is 6.22. The van der Waals surface area contributed by atoms with Crippen LogP contribution in [0.1, 0.15) is 50.6 Å². The van der Waals surface area contributed by atoms with Gasteiger partial charge in [-0.25, -0.2) is 0 Å². The second-order valence-corrected chi connectivity index (χ2v) is 6.46. The molecule has 1 heterocycles. The zero-order valence-corrected chi connectivity index (χ0v) is 15.0. The molecule has 1 unspecified atom stereocenters. The Labute approximate surface area is 139 Å². The average molecular weight is 315 g/mol. The summed E-state index contributed by atoms with van der Waals surface area (Å²) < 4.78 is 7.83. The zero-order chi connectivity index (χ0) is 16.8. The summed E-state index contributed by atoms with van der Waals surface area (Å²) in [4.78, 5) is 0. The first-order chi connectivity index (χ1) is 11.0. The van der Waals surface area contributed by atoms with Gasteiger partial charge in [0.1, 0.15) is 5.75 Å². The Balaban J connectivity index is 1.94. The van der Waals surface area contributed by atoms with Gasteiger partial charge in [0, 0.05) is 30.4 Å². The molecule has 0 amide bonds. The number of benzene rings is 1. The number of hydrogen-bond donors (Lipinski definition) is 1. The van der Waals surface area contributed by atoms with Gasteiger partial charge in [-0.05, 0) is 44.4 Å². The largest absolute Gasteiger partial charge is 0.493 e. The van der Waals surface area contributed by atoms with E-state index in [4.69, 9.17) is 4.74 Å². The van der Waals surface area contributed by atoms with E-state index in [2.05, 4.69) is 63.2 Å². The van der Waals surface area contributed by atoms with Crippen LogP contribution in [0, 0.1) is 12.8 Å². The predicted octanol–water partition coefficient (Wildman–Crippen LogP) is 4.10. The van der Waals surface area contributed by atoms with Crippen molar-refractivity contribution < 1.29 is 4.74 Å². The van der Waals surface area contributed by atoms with Crippen LogP contribution in [0.15, 0.2) is 30.5 Å². The van der Waals surface area contributed by atoms with E-state index in [1.165, 1.54) is 16.8 Å². The van der Waals surface area contributed by atoms with Crippen molar-refractivity contribution in [1.29, 1.82) is 0 Å². The lowest BCUT2D eigenvalue weighted by molar-refractivity contribution is 0.271. The summed E-state index contributed by atoms with van der Waals surface area (Å²) in [6.45, 7) is 13.2. The zero-order valence-electron chi connectivity index (χ0n) is 15.0. The summed E-state index contributed by atoms with van der Waals surface area (Å²) in [5.41, 5.74) is 3.74. The number of ether oxygens (including phenoxy) is 1. The van der Waals surface area contributed by atoms with Gasteiger partial charge in [0.15, 0.2) is 0 Å². The quantitative estimate of drug-likeness (QED) is 0.797. The molecule has 0 fully saturated rings. The van der Waals surface area contributed by atoms with Gasteiger partial charge in [0.2, 0.25) is 0 Å². The first-order valence-corrected chi connectivity index (χ1v) is 8.48. The van der Waals surface area contributed by atoms with E-state index < -0.39 is 0 Å². The maximum absolute atomic E-state index is 5.80. The maximum atomic E-state index is 5.80. The van der Waals surface area contributed by atoms with Gasteiger partial charge in [-0.2, -0.15) is 5.10 Å². The monoisotopic (exact) mass is 315 g/mol. The van der Waals surface area contributed by atoms with E-state index in [1.807, 2.05) is 16.9 Å². The van der Waals surface area contributed by atoms with E-state index in [0.29, 0.717) is 5.92 Å². The molecule has 1 N–H and O–H groups in total. The lowest BCUT2D eigenvalue weighted by Crippen LogP contribution is -2.18. The molecule has 0 aliphatic carbocycles. The Hall–Kier alpha value is -1.81. The second-order valence-electron chi connectivity index (χ2n) is 6.46. The number of aryl methyl sites for hydroxylation is 1. The average Bonchev–Trinajstić information content (AvgIpc) is 2.92. The molecule has 2 aromatic rings. The molecule has 0 saturated carbocycles. The van der Waals surface area contributed by atoms with E-state index >= 15 is 0 Å². The molecule has 4 nitrogen and oxygen atoms in total. The highest BCUT2D eigenvalue weighted by atomic mass is 16.5. The summed E-state index contributed by atoms with van der Waals surface area (Å²) in [5, 5.41) is 8.00. The van der Waals surface area contributed by atoms with Gasteiger partial charge in [-0.3, -0.25) is 4.68 Å². The first kappa shape index (κ1) is 17.5. The van der Waals surface area contributed by atoms with Gasteiger partial charge in [0.25, 0.3) is 0 Å². The van der Waals surface area contributed by atoms with E-state index in [1.54, 1.807) is 0 Å². The number of rotatable bonds is 8. The van der Waals surface area contributed by atoms with Crippen molar-refractivity contribution in [1.82, 2.24) is 15.1 Å². The number of nitrogens with zero attached hydrogens (tertiary/aromatic N) is 2. The molecule has 0 spiro atoms. The molecular weight excluding hydrogens is 286 g/mol. The van der Waals surface area contributed by atoms with Crippen molar-refractivity contribution in [3.63, 3.8) is 0 Å². The summed E-state index contributed by atoms with van der Waals surface area (Å²) in [6, 6.07) is 8.59. The van der Waals surface area contributed by atoms with Crippen LogP contribution < -0.4 is 10.1 Å². The van der Waals surface area contributed by atoms with Crippen molar-refractivity contribution in [2.75, 3.05) is 6.61 Å². The molecule has 0 aliphatic rings. The minimum atomic E-state index is 0.274. The highest BCUT2D eigenvalue weighted by Crippen LogP contribution is 2.19. The molecule has 1 atom stereocenters. The van der Waals surface area contributed by atoms with Crippen LogP contribution in [0.4, 0.5) is 0 Å². The summed E-state index contributed by atoms with van der Waals surface area (Å²) in [6.07, 6.45) is 1.97. The number of nitrogens with one attached hydrogen (secondary N) is 1. The third-order valence-electron chi connectivity index (χ3n) is 4.00. The van der Waals surface area contributed by atoms with Crippen molar-refractivity contribution in [2.45, 2.75) is 53.8 Å². The topological polar surface area (TPSA) is 39.1 Å². The van der Waals surface area contributed by atoms with Crippen LogP contribution in [0.25, 0.3) is 0 Å². The van der Waals surface area contributed by atoms with E-state index in [0.717, 1.165) is 25.4 Å². The molecule has 2 rings (SSSR count). The second kappa shape index (κ2) is 8.16. The molecule has 1 aromatic heterocycles. The van der Waals surface area contributed by atoms with Gasteiger partial charge in [0.05, 0.1) is 12.8 Å². The number of hydrogen-bond acceptors (Lipinski definition) is 3. The Bertz CT molecular complexity index is 619. The van der Waals surface area contributed by atoms with E-state index in [9.17, 15) is 0 Å². The summed E-state index contributed by atoms with van der Waals surface area (Å²) in [7, 11) is 0. The van der Waals surface area contributed by atoms with Crippen molar-refractivity contribution >= 4 is 0 Å². The van der Waals surface area contributed by atoms with Crippen LogP contribution in [-0.2, 0) is 13.1 Å². The molecule has 1 aromatic carbocycles. The smallest absolute Gasteiger partial charge is 0.119 e. The molecule has 126 valence electrons. The van der Waals surface area contributed by atoms with Gasteiger partial charge < -0.3 is 10.1 Å². The van der Waals surface area contributed by atoms with Gasteiger partial charge in [-0.15, -0.1) is 0 Å². The highest BCUT2D eigenvalue weighted by molar-refractivity contribution is 5.29. The van der Waals surface area contributed by atoms with Crippen molar-refractivity contribution in [2.24, 2.45) is 5.92 Å². The molecule has 0 bridgehead atoms. The predicted molar refractivity (Wildman–Crippen MR) is 94.7 cm³/mol. The van der Waals surface area contributed by atoms with Crippen molar-refractivity contribution in [3.8, 4) is 5.75 Å². The third-order valence-corrected chi connectivity index (χ3v) is 4.00. The SMILES string of the molecule is CCn1ncc(C(C)NCc2cccc(OCC(C)C)c2)c1C. The molecule has 23 heavy (non-hydrogen) atoms. The minimum Gasteiger partial charge on any atom is -0.493 e. The Morgan fingerprint density at radius 1 is 1.26 bits per heavy atom. The first-order valence-electron chi connectivity index (χ1n) is 8.48. The van der Waals surface area contributed by atoms with E-state index in [-0.39, 0.29) is 6.04 Å². The lowest BCUT2D eigenvalue weighted by Gasteiger charge is -2.15. The molecule has 0 saturated heterocycles. The Morgan fingerprint density at radius 2 is 2.04 bits per heavy atom. The lowest BCUT2D eigenvalue weighted by atomic mass is 10.1. The Morgan fingerprint density at radius 3 is 2.70 bits per heavy atom. The maximum Gasteiger partial charge on any atom is 0.119 e. The normalized spacial score (nSPS) is 12.6. The molecule has 0 radical (unpaired) electrons. The fourth-order valence-electron chi connectivity index (χ4n) is 2.59. The molecular formula is C19H29N3O. The van der Waals surface area contributed by atoms with Crippen LogP contribution in [0.5, 0.6) is 5.75 Å². The highest BCUT2D eigenvalue weighted by Gasteiger charge is 2.12. The van der Waals surface area contributed by atoms with Crippen LogP contribution in [-0.4, -0.2) is 16.4 Å². The fraction of sp³-hybridized carbons (Fsp3) is 0.526. The fourth-order valence-corrected chi connectivity index (χ4v) is 2.59. The summed E-state index contributed by atoms with van der Waals surface area (Å²) >= 11 is 0. The third kappa shape index (κ3) is 4.83. The molecule has 4 heteroatoms. The molecule has 0 aliphatic heterocycles. The van der Waals surface area contributed by atoms with Crippen LogP contribution in [0.2, 0.25) is 0 Å². The van der Waals surface area contributed by atoms with Gasteiger partial charge >= 0.3 is 0 Å². The minimum absolute atomic E-state index is 0.274. The standard InChI is InChI=1S/C19H29N3O/c1-6-22-16(5)19(12-21-22)15(4)20-11-17-8-7-9-18(10-17)23-13-14(2)3/h7-10,12,14-15,20H,6,11,13H2,1-5H3. The summed E-state index contributed by atoms with van der Waals surface area (Å²) in [5.74, 6) is 1.48. The van der Waals surface area contributed by atoms with Crippen molar-refractivity contribution in [3.05, 3.63) is 47.3 Å². The van der Waals surface area contributed by atoms with Crippen LogP contribution >= 0.6 is 0 Å². The van der Waals surface area contributed by atoms with Crippen LogP contribution in [0.3, 0.4) is 0 Å².